The Labute approximate surface area is 121 Å². The van der Waals surface area contributed by atoms with Crippen LogP contribution in [0.15, 0.2) is 28.8 Å². The highest BCUT2D eigenvalue weighted by molar-refractivity contribution is 5.90. The largest absolute Gasteiger partial charge is 0.491 e. The molecule has 7 nitrogen and oxygen atoms in total. The van der Waals surface area contributed by atoms with Crippen molar-refractivity contribution >= 4 is 5.97 Å². The van der Waals surface area contributed by atoms with E-state index in [2.05, 4.69) is 15.5 Å². The average Bonchev–Trinajstić information content (AvgIpc) is 2.88. The lowest BCUT2D eigenvalue weighted by atomic mass is 10.2. The van der Waals surface area contributed by atoms with Crippen LogP contribution in [0.4, 0.5) is 0 Å². The number of aryl methyl sites for hydroxylation is 1. The van der Waals surface area contributed by atoms with E-state index in [0.29, 0.717) is 43.6 Å². The molecule has 0 saturated heterocycles. The van der Waals surface area contributed by atoms with Gasteiger partial charge in [-0.1, -0.05) is 17.3 Å². The number of aromatic nitrogens is 2. The quantitative estimate of drug-likeness (QED) is 0.707. The number of nitrogens with one attached hydrogen (secondary N) is 1. The van der Waals surface area contributed by atoms with Crippen LogP contribution in [0.25, 0.3) is 0 Å². The van der Waals surface area contributed by atoms with E-state index in [1.165, 1.54) is 6.07 Å². The Kier molecular flexibility index (Phi) is 5.28. The van der Waals surface area contributed by atoms with Crippen LogP contribution in [-0.2, 0) is 6.42 Å². The molecule has 1 aromatic heterocycles. The standard InChI is InChI=1S/C14H17N3O4/c1-10-16-13(21-17-10)6-7-15-8-9-20-12-5-3-2-4-11(12)14(18)19/h2-5,15H,6-9H2,1H3,(H,18,19). The van der Waals surface area contributed by atoms with E-state index in [9.17, 15) is 4.79 Å². The Bertz CT molecular complexity index is 597. The van der Waals surface area contributed by atoms with E-state index in [4.69, 9.17) is 14.4 Å². The molecule has 0 radical (unpaired) electrons. The van der Waals surface area contributed by atoms with Crippen LogP contribution in [-0.4, -0.2) is 40.9 Å². The minimum absolute atomic E-state index is 0.166. The second kappa shape index (κ2) is 7.39. The summed E-state index contributed by atoms with van der Waals surface area (Å²) in [5.74, 6) is 0.598. The first kappa shape index (κ1) is 15.0. The summed E-state index contributed by atoms with van der Waals surface area (Å²) in [5.41, 5.74) is 0.166. The smallest absolute Gasteiger partial charge is 0.339 e. The predicted molar refractivity (Wildman–Crippen MR) is 74.5 cm³/mol. The number of carbonyl (C=O) groups is 1. The Morgan fingerprint density at radius 1 is 1.38 bits per heavy atom. The molecule has 112 valence electrons. The lowest BCUT2D eigenvalue weighted by molar-refractivity contribution is 0.0692. The molecular formula is C14H17N3O4. The highest BCUT2D eigenvalue weighted by Crippen LogP contribution is 2.17. The van der Waals surface area contributed by atoms with Crippen LogP contribution >= 0.6 is 0 Å². The van der Waals surface area contributed by atoms with Gasteiger partial charge in [-0.25, -0.2) is 4.79 Å². The van der Waals surface area contributed by atoms with Crippen molar-refractivity contribution in [1.29, 1.82) is 0 Å². The van der Waals surface area contributed by atoms with E-state index < -0.39 is 5.97 Å². The first-order valence-electron chi connectivity index (χ1n) is 6.62. The number of carboxylic acids is 1. The minimum Gasteiger partial charge on any atom is -0.491 e. The molecule has 0 aliphatic heterocycles. The van der Waals surface area contributed by atoms with Crippen molar-refractivity contribution in [1.82, 2.24) is 15.5 Å². The summed E-state index contributed by atoms with van der Waals surface area (Å²) in [7, 11) is 0. The molecule has 0 aliphatic rings. The average molecular weight is 291 g/mol. The highest BCUT2D eigenvalue weighted by atomic mass is 16.5. The van der Waals surface area contributed by atoms with Gasteiger partial charge in [-0.05, 0) is 19.1 Å². The van der Waals surface area contributed by atoms with Gasteiger partial charge in [0.2, 0.25) is 5.89 Å². The number of hydrogen-bond acceptors (Lipinski definition) is 6. The second-order valence-corrected chi connectivity index (χ2v) is 4.39. The molecule has 0 bridgehead atoms. The Balaban J connectivity index is 1.67. The topological polar surface area (TPSA) is 97.5 Å². The molecule has 2 N–H and O–H groups in total. The van der Waals surface area contributed by atoms with Crippen molar-refractivity contribution in [3.8, 4) is 5.75 Å². The fraction of sp³-hybridized carbons (Fsp3) is 0.357. The maximum atomic E-state index is 11.0. The van der Waals surface area contributed by atoms with Gasteiger partial charge in [0.15, 0.2) is 5.82 Å². The number of nitrogens with zero attached hydrogens (tertiary/aromatic N) is 2. The van der Waals surface area contributed by atoms with Gasteiger partial charge in [0, 0.05) is 19.5 Å². The molecule has 0 aliphatic carbocycles. The number of ether oxygens (including phenoxy) is 1. The van der Waals surface area contributed by atoms with Crippen LogP contribution in [0.5, 0.6) is 5.75 Å². The first-order valence-corrected chi connectivity index (χ1v) is 6.62. The summed E-state index contributed by atoms with van der Waals surface area (Å²) < 4.78 is 10.4. The Morgan fingerprint density at radius 3 is 2.90 bits per heavy atom. The van der Waals surface area contributed by atoms with Crippen molar-refractivity contribution in [3.05, 3.63) is 41.5 Å². The number of rotatable bonds is 8. The normalized spacial score (nSPS) is 10.5. The molecule has 0 atom stereocenters. The maximum absolute atomic E-state index is 11.0. The van der Waals surface area contributed by atoms with Crippen molar-refractivity contribution in [2.45, 2.75) is 13.3 Å². The zero-order chi connectivity index (χ0) is 15.1. The monoisotopic (exact) mass is 291 g/mol. The number of carboxylic acid groups (broad SMARTS) is 1. The second-order valence-electron chi connectivity index (χ2n) is 4.39. The van der Waals surface area contributed by atoms with Gasteiger partial charge in [-0.3, -0.25) is 0 Å². The Hall–Kier alpha value is -2.41. The first-order chi connectivity index (χ1) is 10.2. The summed E-state index contributed by atoms with van der Waals surface area (Å²) in [5, 5.41) is 15.9. The zero-order valence-corrected chi connectivity index (χ0v) is 11.7. The third-order valence-corrected chi connectivity index (χ3v) is 2.74. The third-order valence-electron chi connectivity index (χ3n) is 2.74. The van der Waals surface area contributed by atoms with Crippen LogP contribution < -0.4 is 10.1 Å². The third kappa shape index (κ3) is 4.57. The SMILES string of the molecule is Cc1noc(CCNCCOc2ccccc2C(=O)O)n1. The van der Waals surface area contributed by atoms with Crippen LogP contribution in [0, 0.1) is 6.92 Å². The summed E-state index contributed by atoms with van der Waals surface area (Å²) in [6.07, 6.45) is 0.645. The molecule has 1 aromatic carbocycles. The van der Waals surface area contributed by atoms with E-state index in [-0.39, 0.29) is 5.56 Å². The summed E-state index contributed by atoms with van der Waals surface area (Å²) in [4.78, 5) is 15.1. The molecule has 2 rings (SSSR count). The van der Waals surface area contributed by atoms with Gasteiger partial charge < -0.3 is 19.7 Å². The minimum atomic E-state index is -0.995. The van der Waals surface area contributed by atoms with E-state index in [0.717, 1.165) is 0 Å². The van der Waals surface area contributed by atoms with Gasteiger partial charge in [0.1, 0.15) is 17.9 Å². The molecular weight excluding hydrogens is 274 g/mol. The highest BCUT2D eigenvalue weighted by Gasteiger charge is 2.09. The lowest BCUT2D eigenvalue weighted by Gasteiger charge is -2.09. The maximum Gasteiger partial charge on any atom is 0.339 e. The molecule has 0 spiro atoms. The summed E-state index contributed by atoms with van der Waals surface area (Å²) in [6.45, 7) is 3.44. The number of benzene rings is 1. The van der Waals surface area contributed by atoms with Crippen molar-refractivity contribution in [2.75, 3.05) is 19.7 Å². The number of aromatic carboxylic acids is 1. The van der Waals surface area contributed by atoms with Gasteiger partial charge in [-0.2, -0.15) is 4.98 Å². The fourth-order valence-corrected chi connectivity index (χ4v) is 1.76. The lowest BCUT2D eigenvalue weighted by Crippen LogP contribution is -2.23. The molecule has 21 heavy (non-hydrogen) atoms. The van der Waals surface area contributed by atoms with Crippen molar-refractivity contribution in [3.63, 3.8) is 0 Å². The zero-order valence-electron chi connectivity index (χ0n) is 11.7. The molecule has 0 fully saturated rings. The van der Waals surface area contributed by atoms with Gasteiger partial charge >= 0.3 is 5.97 Å². The van der Waals surface area contributed by atoms with E-state index in [1.807, 2.05) is 0 Å². The molecule has 7 heteroatoms. The number of para-hydroxylation sites is 1. The van der Waals surface area contributed by atoms with Gasteiger partial charge in [0.25, 0.3) is 0 Å². The molecule has 0 amide bonds. The summed E-state index contributed by atoms with van der Waals surface area (Å²) >= 11 is 0. The van der Waals surface area contributed by atoms with Crippen molar-refractivity contribution in [2.24, 2.45) is 0 Å². The molecule has 1 heterocycles. The Morgan fingerprint density at radius 2 is 2.19 bits per heavy atom. The molecule has 0 saturated carbocycles. The fourth-order valence-electron chi connectivity index (χ4n) is 1.76. The van der Waals surface area contributed by atoms with Crippen LogP contribution in [0.3, 0.4) is 0 Å². The summed E-state index contributed by atoms with van der Waals surface area (Å²) in [6, 6.07) is 6.57. The van der Waals surface area contributed by atoms with Gasteiger partial charge in [-0.15, -0.1) is 0 Å². The molecule has 2 aromatic rings. The van der Waals surface area contributed by atoms with Crippen LogP contribution in [0.1, 0.15) is 22.1 Å². The van der Waals surface area contributed by atoms with Gasteiger partial charge in [0.05, 0.1) is 0 Å². The van der Waals surface area contributed by atoms with E-state index in [1.54, 1.807) is 25.1 Å². The van der Waals surface area contributed by atoms with Crippen LogP contribution in [0.2, 0.25) is 0 Å². The predicted octanol–water partition coefficient (Wildman–Crippen LogP) is 1.29. The van der Waals surface area contributed by atoms with Crippen molar-refractivity contribution < 1.29 is 19.2 Å². The number of hydrogen-bond donors (Lipinski definition) is 2. The van der Waals surface area contributed by atoms with E-state index >= 15 is 0 Å². The molecule has 0 unspecified atom stereocenters.